The molecular weight excluding hydrogens is 241 g/mol. The van der Waals surface area contributed by atoms with E-state index in [2.05, 4.69) is 4.98 Å². The van der Waals surface area contributed by atoms with E-state index in [1.807, 2.05) is 28.8 Å². The number of para-hydroxylation sites is 2. The smallest absolute Gasteiger partial charge is 0.123 e. The molecule has 19 heavy (non-hydrogen) atoms. The van der Waals surface area contributed by atoms with Crippen LogP contribution in [0.25, 0.3) is 11.0 Å². The Morgan fingerprint density at radius 3 is 2.58 bits per heavy atom. The highest BCUT2D eigenvalue weighted by Gasteiger charge is 2.14. The molecule has 0 aliphatic heterocycles. The number of nitrogens with zero attached hydrogens (tertiary/aromatic N) is 2. The van der Waals surface area contributed by atoms with Gasteiger partial charge in [-0.15, -0.1) is 0 Å². The van der Waals surface area contributed by atoms with E-state index < -0.39 is 0 Å². The second-order valence-corrected chi connectivity index (χ2v) is 4.44. The van der Waals surface area contributed by atoms with Crippen LogP contribution in [0.2, 0.25) is 0 Å². The second kappa shape index (κ2) is 4.82. The fourth-order valence-corrected chi connectivity index (χ4v) is 2.32. The molecule has 96 valence electrons. The first-order valence-corrected chi connectivity index (χ1v) is 6.16. The van der Waals surface area contributed by atoms with Crippen LogP contribution in [-0.2, 0) is 0 Å². The molecule has 3 aromatic rings. The first-order valence-electron chi connectivity index (χ1n) is 6.16. The lowest BCUT2D eigenvalue weighted by Gasteiger charge is -2.18. The van der Waals surface area contributed by atoms with Crippen molar-refractivity contribution in [3.8, 4) is 0 Å². The highest BCUT2D eigenvalue weighted by atomic mass is 19.1. The van der Waals surface area contributed by atoms with E-state index >= 15 is 0 Å². The van der Waals surface area contributed by atoms with E-state index in [0.29, 0.717) is 6.54 Å². The summed E-state index contributed by atoms with van der Waals surface area (Å²) in [6.07, 6.45) is 1.78. The predicted octanol–water partition coefficient (Wildman–Crippen LogP) is 2.72. The molecular formula is C15H14FN3. The summed E-state index contributed by atoms with van der Waals surface area (Å²) in [6.45, 7) is 0.436. The number of imidazole rings is 1. The van der Waals surface area contributed by atoms with E-state index in [1.54, 1.807) is 18.5 Å². The third-order valence-corrected chi connectivity index (χ3v) is 3.29. The highest BCUT2D eigenvalue weighted by Crippen LogP contribution is 2.23. The van der Waals surface area contributed by atoms with Crippen molar-refractivity contribution in [2.45, 2.75) is 6.04 Å². The number of rotatable bonds is 3. The van der Waals surface area contributed by atoms with Gasteiger partial charge in [-0.2, -0.15) is 0 Å². The average molecular weight is 255 g/mol. The third-order valence-electron chi connectivity index (χ3n) is 3.29. The van der Waals surface area contributed by atoms with Crippen LogP contribution in [0.15, 0.2) is 54.9 Å². The highest BCUT2D eigenvalue weighted by molar-refractivity contribution is 5.75. The summed E-state index contributed by atoms with van der Waals surface area (Å²) >= 11 is 0. The summed E-state index contributed by atoms with van der Waals surface area (Å²) in [6, 6.07) is 14.3. The number of halogens is 1. The van der Waals surface area contributed by atoms with Crippen molar-refractivity contribution < 1.29 is 4.39 Å². The van der Waals surface area contributed by atoms with E-state index in [-0.39, 0.29) is 11.9 Å². The fourth-order valence-electron chi connectivity index (χ4n) is 2.32. The molecule has 0 radical (unpaired) electrons. The van der Waals surface area contributed by atoms with E-state index in [0.717, 1.165) is 16.6 Å². The summed E-state index contributed by atoms with van der Waals surface area (Å²) in [5.74, 6) is -0.241. The Balaban J connectivity index is 2.09. The zero-order valence-electron chi connectivity index (χ0n) is 10.3. The van der Waals surface area contributed by atoms with Gasteiger partial charge in [-0.25, -0.2) is 9.37 Å². The molecule has 1 atom stereocenters. The van der Waals surface area contributed by atoms with E-state index in [4.69, 9.17) is 5.73 Å². The molecule has 2 aromatic carbocycles. The minimum atomic E-state index is -0.241. The Morgan fingerprint density at radius 1 is 1.11 bits per heavy atom. The van der Waals surface area contributed by atoms with Crippen LogP contribution < -0.4 is 5.73 Å². The van der Waals surface area contributed by atoms with E-state index in [9.17, 15) is 4.39 Å². The molecule has 4 heteroatoms. The van der Waals surface area contributed by atoms with Gasteiger partial charge in [-0.1, -0.05) is 24.3 Å². The van der Waals surface area contributed by atoms with Gasteiger partial charge < -0.3 is 10.3 Å². The molecule has 1 heterocycles. The number of fused-ring (bicyclic) bond motifs is 1. The number of hydrogen-bond acceptors (Lipinski definition) is 2. The van der Waals surface area contributed by atoms with Crippen molar-refractivity contribution >= 4 is 11.0 Å². The molecule has 2 N–H and O–H groups in total. The van der Waals surface area contributed by atoms with Gasteiger partial charge >= 0.3 is 0 Å². The van der Waals surface area contributed by atoms with Gasteiger partial charge in [0.2, 0.25) is 0 Å². The fraction of sp³-hybridized carbons (Fsp3) is 0.133. The number of nitrogens with two attached hydrogens (primary N) is 1. The molecule has 0 saturated carbocycles. The molecule has 3 rings (SSSR count). The van der Waals surface area contributed by atoms with Crippen LogP contribution in [0, 0.1) is 5.82 Å². The molecule has 0 fully saturated rings. The predicted molar refractivity (Wildman–Crippen MR) is 73.3 cm³/mol. The summed E-state index contributed by atoms with van der Waals surface area (Å²) < 4.78 is 15.0. The maximum absolute atomic E-state index is 13.0. The number of benzene rings is 2. The standard InChI is InChI=1S/C15H14FN3/c16-12-7-5-11(6-8-12)15(9-17)19-10-18-13-3-1-2-4-14(13)19/h1-8,10,15H,9,17H2. The normalized spacial score (nSPS) is 12.7. The molecule has 0 amide bonds. The molecule has 0 aliphatic rings. The number of hydrogen-bond donors (Lipinski definition) is 1. The van der Waals surface area contributed by atoms with Gasteiger partial charge in [0.05, 0.1) is 23.4 Å². The maximum Gasteiger partial charge on any atom is 0.123 e. The minimum Gasteiger partial charge on any atom is -0.328 e. The molecule has 1 aromatic heterocycles. The van der Waals surface area contributed by atoms with Crippen LogP contribution in [0.1, 0.15) is 11.6 Å². The van der Waals surface area contributed by atoms with Crippen molar-refractivity contribution in [3.05, 3.63) is 66.2 Å². The van der Waals surface area contributed by atoms with Gasteiger partial charge in [-0.3, -0.25) is 0 Å². The van der Waals surface area contributed by atoms with Gasteiger partial charge in [-0.05, 0) is 29.8 Å². The van der Waals surface area contributed by atoms with Gasteiger partial charge in [0, 0.05) is 6.54 Å². The van der Waals surface area contributed by atoms with Gasteiger partial charge in [0.1, 0.15) is 5.82 Å². The Morgan fingerprint density at radius 2 is 1.84 bits per heavy atom. The summed E-state index contributed by atoms with van der Waals surface area (Å²) in [7, 11) is 0. The largest absolute Gasteiger partial charge is 0.328 e. The van der Waals surface area contributed by atoms with Crippen LogP contribution in [0.3, 0.4) is 0 Å². The maximum atomic E-state index is 13.0. The molecule has 0 saturated heterocycles. The SMILES string of the molecule is NCC(c1ccc(F)cc1)n1cnc2ccccc21. The van der Waals surface area contributed by atoms with Gasteiger partial charge in [0.25, 0.3) is 0 Å². The van der Waals surface area contributed by atoms with Crippen LogP contribution >= 0.6 is 0 Å². The van der Waals surface area contributed by atoms with Crippen LogP contribution in [0.4, 0.5) is 4.39 Å². The summed E-state index contributed by atoms with van der Waals surface area (Å²) in [4.78, 5) is 4.36. The zero-order chi connectivity index (χ0) is 13.2. The lowest BCUT2D eigenvalue weighted by atomic mass is 10.1. The van der Waals surface area contributed by atoms with E-state index in [1.165, 1.54) is 12.1 Å². The molecule has 0 spiro atoms. The molecule has 1 unspecified atom stereocenters. The number of aromatic nitrogens is 2. The summed E-state index contributed by atoms with van der Waals surface area (Å²) in [5, 5.41) is 0. The monoisotopic (exact) mass is 255 g/mol. The van der Waals surface area contributed by atoms with Crippen molar-refractivity contribution in [1.29, 1.82) is 0 Å². The quantitative estimate of drug-likeness (QED) is 0.782. The second-order valence-electron chi connectivity index (χ2n) is 4.44. The van der Waals surface area contributed by atoms with Crippen LogP contribution in [0.5, 0.6) is 0 Å². The first kappa shape index (κ1) is 11.9. The van der Waals surface area contributed by atoms with Crippen molar-refractivity contribution in [2.75, 3.05) is 6.54 Å². The van der Waals surface area contributed by atoms with Crippen molar-refractivity contribution in [3.63, 3.8) is 0 Å². The Labute approximate surface area is 110 Å². The van der Waals surface area contributed by atoms with Gasteiger partial charge in [0.15, 0.2) is 0 Å². The van der Waals surface area contributed by atoms with Crippen molar-refractivity contribution in [1.82, 2.24) is 9.55 Å². The Hall–Kier alpha value is -2.20. The third kappa shape index (κ3) is 2.11. The Bertz CT molecular complexity index is 688. The minimum absolute atomic E-state index is 0.0343. The first-order chi connectivity index (χ1) is 9.29. The molecule has 3 nitrogen and oxygen atoms in total. The van der Waals surface area contributed by atoms with Crippen molar-refractivity contribution in [2.24, 2.45) is 5.73 Å². The van der Waals surface area contributed by atoms with Crippen LogP contribution in [-0.4, -0.2) is 16.1 Å². The molecule has 0 aliphatic carbocycles. The average Bonchev–Trinajstić information content (AvgIpc) is 2.86. The molecule has 0 bridgehead atoms. The lowest BCUT2D eigenvalue weighted by molar-refractivity contribution is 0.600. The summed E-state index contributed by atoms with van der Waals surface area (Å²) in [5.41, 5.74) is 8.82. The lowest BCUT2D eigenvalue weighted by Crippen LogP contribution is -2.19. The zero-order valence-corrected chi connectivity index (χ0v) is 10.3. The topological polar surface area (TPSA) is 43.8 Å². The Kier molecular flexibility index (Phi) is 3.01.